The Morgan fingerprint density at radius 3 is 2.35 bits per heavy atom. The molecular weight excluding hydrogens is 325 g/mol. The Hall–Kier alpha value is -1.15. The molecule has 0 aliphatic carbocycles. The first-order valence-corrected chi connectivity index (χ1v) is 7.78. The Labute approximate surface area is 126 Å². The Morgan fingerprint density at radius 2 is 1.85 bits per heavy atom. The summed E-state index contributed by atoms with van der Waals surface area (Å²) >= 11 is 11.9. The largest absolute Gasteiger partial charge is 0.340 e. The zero-order valence-corrected chi connectivity index (χ0v) is 13.0. The number of rotatable bonds is 4. The van der Waals surface area contributed by atoms with Crippen molar-refractivity contribution in [1.82, 2.24) is 14.9 Å². The SMILES string of the molecule is Cc1nc(CNS(=O)(=O)c2cc(Cl)c(C)c(Cl)c2)no1. The van der Waals surface area contributed by atoms with Crippen LogP contribution in [0.15, 0.2) is 21.6 Å². The second kappa shape index (κ2) is 5.69. The number of nitrogens with one attached hydrogen (secondary N) is 1. The van der Waals surface area contributed by atoms with Crippen LogP contribution in [-0.4, -0.2) is 18.6 Å². The van der Waals surface area contributed by atoms with Crippen LogP contribution in [0, 0.1) is 13.8 Å². The number of benzene rings is 1. The number of nitrogens with zero attached hydrogens (tertiary/aromatic N) is 2. The summed E-state index contributed by atoms with van der Waals surface area (Å²) in [4.78, 5) is 3.88. The third-order valence-corrected chi connectivity index (χ3v) is 4.72. The highest BCUT2D eigenvalue weighted by Crippen LogP contribution is 2.27. The number of hydrogen-bond acceptors (Lipinski definition) is 5. The molecule has 0 aliphatic heterocycles. The van der Waals surface area contributed by atoms with Crippen molar-refractivity contribution in [2.45, 2.75) is 25.3 Å². The van der Waals surface area contributed by atoms with Gasteiger partial charge in [0, 0.05) is 17.0 Å². The zero-order chi connectivity index (χ0) is 14.9. The molecule has 0 unspecified atom stereocenters. The molecule has 0 saturated carbocycles. The van der Waals surface area contributed by atoms with E-state index in [1.807, 2.05) is 0 Å². The lowest BCUT2D eigenvalue weighted by Gasteiger charge is -2.08. The summed E-state index contributed by atoms with van der Waals surface area (Å²) in [6, 6.07) is 2.68. The average molecular weight is 336 g/mol. The fourth-order valence-corrected chi connectivity index (χ4v) is 3.08. The fraction of sp³-hybridized carbons (Fsp3) is 0.273. The molecule has 0 saturated heterocycles. The van der Waals surface area contributed by atoms with Gasteiger partial charge in [-0.15, -0.1) is 0 Å². The molecule has 1 aromatic heterocycles. The van der Waals surface area contributed by atoms with Gasteiger partial charge < -0.3 is 4.52 Å². The third-order valence-electron chi connectivity index (χ3n) is 2.55. The minimum Gasteiger partial charge on any atom is -0.340 e. The number of sulfonamides is 1. The zero-order valence-electron chi connectivity index (χ0n) is 10.6. The lowest BCUT2D eigenvalue weighted by atomic mass is 10.2. The molecule has 0 atom stereocenters. The van der Waals surface area contributed by atoms with Crippen molar-refractivity contribution in [2.24, 2.45) is 0 Å². The van der Waals surface area contributed by atoms with Gasteiger partial charge in [-0.25, -0.2) is 13.1 Å². The first-order chi connectivity index (χ1) is 9.29. The third kappa shape index (κ3) is 3.29. The van der Waals surface area contributed by atoms with Crippen LogP contribution in [-0.2, 0) is 16.6 Å². The maximum Gasteiger partial charge on any atom is 0.241 e. The Kier molecular flexibility index (Phi) is 4.33. The van der Waals surface area contributed by atoms with Gasteiger partial charge in [0.05, 0.1) is 11.4 Å². The summed E-state index contributed by atoms with van der Waals surface area (Å²) in [5.41, 5.74) is 0.626. The summed E-state index contributed by atoms with van der Waals surface area (Å²) in [6.45, 7) is 3.24. The summed E-state index contributed by atoms with van der Waals surface area (Å²) in [5.74, 6) is 0.607. The van der Waals surface area contributed by atoms with Gasteiger partial charge in [0.1, 0.15) is 0 Å². The lowest BCUT2D eigenvalue weighted by Crippen LogP contribution is -2.24. The summed E-state index contributed by atoms with van der Waals surface area (Å²) < 4.78 is 31.3. The molecule has 0 fully saturated rings. The predicted molar refractivity (Wildman–Crippen MR) is 74.3 cm³/mol. The molecular formula is C11H11Cl2N3O3S. The van der Waals surface area contributed by atoms with E-state index in [-0.39, 0.29) is 27.3 Å². The molecule has 108 valence electrons. The summed E-state index contributed by atoms with van der Waals surface area (Å²) in [7, 11) is -3.75. The van der Waals surface area contributed by atoms with Crippen molar-refractivity contribution >= 4 is 33.2 Å². The molecule has 1 aromatic carbocycles. The van der Waals surface area contributed by atoms with Gasteiger partial charge in [-0.2, -0.15) is 4.98 Å². The van der Waals surface area contributed by atoms with Crippen LogP contribution < -0.4 is 4.72 Å². The van der Waals surface area contributed by atoms with E-state index in [1.54, 1.807) is 13.8 Å². The first-order valence-electron chi connectivity index (χ1n) is 5.54. The van der Waals surface area contributed by atoms with Crippen molar-refractivity contribution in [3.8, 4) is 0 Å². The highest BCUT2D eigenvalue weighted by Gasteiger charge is 2.18. The quantitative estimate of drug-likeness (QED) is 0.927. The smallest absolute Gasteiger partial charge is 0.241 e. The second-order valence-corrected chi connectivity index (χ2v) is 6.65. The van der Waals surface area contributed by atoms with E-state index in [4.69, 9.17) is 27.7 Å². The molecule has 0 spiro atoms. The maximum atomic E-state index is 12.1. The van der Waals surface area contributed by atoms with Gasteiger partial charge in [0.15, 0.2) is 5.82 Å². The normalized spacial score (nSPS) is 11.8. The number of aromatic nitrogens is 2. The van der Waals surface area contributed by atoms with Crippen molar-refractivity contribution in [3.05, 3.63) is 39.5 Å². The van der Waals surface area contributed by atoms with Crippen molar-refractivity contribution in [1.29, 1.82) is 0 Å². The highest BCUT2D eigenvalue weighted by atomic mass is 35.5. The van der Waals surface area contributed by atoms with E-state index in [0.29, 0.717) is 11.5 Å². The molecule has 0 bridgehead atoms. The maximum absolute atomic E-state index is 12.1. The molecule has 0 amide bonds. The molecule has 2 rings (SSSR count). The fourth-order valence-electron chi connectivity index (χ4n) is 1.43. The van der Waals surface area contributed by atoms with Crippen molar-refractivity contribution in [2.75, 3.05) is 0 Å². The average Bonchev–Trinajstić information content (AvgIpc) is 2.79. The molecule has 2 aromatic rings. The lowest BCUT2D eigenvalue weighted by molar-refractivity contribution is 0.387. The van der Waals surface area contributed by atoms with Crippen LogP contribution in [0.2, 0.25) is 10.0 Å². The topological polar surface area (TPSA) is 85.1 Å². The standard InChI is InChI=1S/C11H11Cl2N3O3S/c1-6-9(12)3-8(4-10(6)13)20(17,18)14-5-11-15-7(2)19-16-11/h3-4,14H,5H2,1-2H3. The molecule has 6 nitrogen and oxygen atoms in total. The van der Waals surface area contributed by atoms with Gasteiger partial charge in [-0.1, -0.05) is 28.4 Å². The monoisotopic (exact) mass is 335 g/mol. The molecule has 9 heteroatoms. The van der Waals surface area contributed by atoms with E-state index >= 15 is 0 Å². The van der Waals surface area contributed by atoms with Crippen LogP contribution >= 0.6 is 23.2 Å². The van der Waals surface area contributed by atoms with Crippen LogP contribution in [0.4, 0.5) is 0 Å². The highest BCUT2D eigenvalue weighted by molar-refractivity contribution is 7.89. The number of aryl methyl sites for hydroxylation is 1. The van der Waals surface area contributed by atoms with Gasteiger partial charge in [-0.3, -0.25) is 0 Å². The first kappa shape index (κ1) is 15.2. The Bertz CT molecular complexity index is 720. The number of halogens is 2. The van der Waals surface area contributed by atoms with Gasteiger partial charge >= 0.3 is 0 Å². The van der Waals surface area contributed by atoms with Crippen LogP contribution in [0.3, 0.4) is 0 Å². The molecule has 1 N–H and O–H groups in total. The van der Waals surface area contributed by atoms with Gasteiger partial charge in [-0.05, 0) is 24.6 Å². The molecule has 20 heavy (non-hydrogen) atoms. The Morgan fingerprint density at radius 1 is 1.25 bits per heavy atom. The van der Waals surface area contributed by atoms with Gasteiger partial charge in [0.2, 0.25) is 15.9 Å². The molecule has 0 aliphatic rings. The summed E-state index contributed by atoms with van der Waals surface area (Å²) in [5, 5.41) is 4.17. The minimum atomic E-state index is -3.75. The van der Waals surface area contributed by atoms with Gasteiger partial charge in [0.25, 0.3) is 0 Å². The van der Waals surface area contributed by atoms with E-state index in [9.17, 15) is 8.42 Å². The van der Waals surface area contributed by atoms with Crippen LogP contribution in [0.25, 0.3) is 0 Å². The summed E-state index contributed by atoms with van der Waals surface area (Å²) in [6.07, 6.45) is 0. The van der Waals surface area contributed by atoms with E-state index in [0.717, 1.165) is 0 Å². The van der Waals surface area contributed by atoms with E-state index < -0.39 is 10.0 Å². The van der Waals surface area contributed by atoms with Crippen molar-refractivity contribution in [3.63, 3.8) is 0 Å². The number of hydrogen-bond donors (Lipinski definition) is 1. The predicted octanol–water partition coefficient (Wildman–Crippen LogP) is 2.47. The van der Waals surface area contributed by atoms with Crippen LogP contribution in [0.5, 0.6) is 0 Å². The van der Waals surface area contributed by atoms with Crippen LogP contribution in [0.1, 0.15) is 17.3 Å². The second-order valence-electron chi connectivity index (χ2n) is 4.07. The molecule has 1 heterocycles. The van der Waals surface area contributed by atoms with E-state index in [2.05, 4.69) is 14.9 Å². The Balaban J connectivity index is 2.22. The van der Waals surface area contributed by atoms with Crippen molar-refractivity contribution < 1.29 is 12.9 Å². The molecule has 0 radical (unpaired) electrons. The minimum absolute atomic E-state index is 0.0154. The van der Waals surface area contributed by atoms with E-state index in [1.165, 1.54) is 12.1 Å².